The Morgan fingerprint density at radius 3 is 2.48 bits per heavy atom. The molecule has 0 saturated carbocycles. The van der Waals surface area contributed by atoms with Crippen molar-refractivity contribution in [2.24, 2.45) is 0 Å². The highest BCUT2D eigenvalue weighted by molar-refractivity contribution is 5.97. The molecule has 2 aromatic rings. The molecule has 1 aliphatic heterocycles. The van der Waals surface area contributed by atoms with Gasteiger partial charge in [0, 0.05) is 24.7 Å². The molecule has 0 spiro atoms. The number of hydrogen-bond donors (Lipinski definition) is 1. The summed E-state index contributed by atoms with van der Waals surface area (Å²) in [7, 11) is 3.16. The molecule has 2 amide bonds. The molecule has 1 aliphatic rings. The number of rotatable bonds is 7. The van der Waals surface area contributed by atoms with Crippen LogP contribution in [0.5, 0.6) is 17.2 Å². The van der Waals surface area contributed by atoms with Crippen molar-refractivity contribution in [2.45, 2.75) is 12.5 Å². The van der Waals surface area contributed by atoms with E-state index in [0.29, 0.717) is 18.0 Å². The van der Waals surface area contributed by atoms with Crippen LogP contribution < -0.4 is 24.4 Å². The number of methoxy groups -OCH3 is 2. The summed E-state index contributed by atoms with van der Waals surface area (Å²) in [6.07, 6.45) is 0.261. The Kier molecular flexibility index (Phi) is 5.80. The van der Waals surface area contributed by atoms with Gasteiger partial charge in [0.1, 0.15) is 17.2 Å². The van der Waals surface area contributed by atoms with Gasteiger partial charge < -0.3 is 24.4 Å². The summed E-state index contributed by atoms with van der Waals surface area (Å²) in [6.45, 7) is 0.302. The molecular formula is C20H22N2O5. The third kappa shape index (κ3) is 4.69. The van der Waals surface area contributed by atoms with E-state index < -0.39 is 0 Å². The van der Waals surface area contributed by atoms with Crippen molar-refractivity contribution in [2.75, 3.05) is 32.3 Å². The first-order chi connectivity index (χ1) is 13.1. The zero-order valence-corrected chi connectivity index (χ0v) is 15.3. The molecule has 0 radical (unpaired) electrons. The van der Waals surface area contributed by atoms with E-state index in [-0.39, 0.29) is 30.9 Å². The van der Waals surface area contributed by atoms with Crippen LogP contribution in [0, 0.1) is 0 Å². The molecular weight excluding hydrogens is 348 g/mol. The van der Waals surface area contributed by atoms with Crippen LogP contribution in [0.1, 0.15) is 6.42 Å². The van der Waals surface area contributed by atoms with Gasteiger partial charge in [0.05, 0.1) is 20.3 Å². The Balaban J connectivity index is 1.51. The van der Waals surface area contributed by atoms with E-state index in [9.17, 15) is 9.59 Å². The fourth-order valence-electron chi connectivity index (χ4n) is 2.93. The Morgan fingerprint density at radius 2 is 1.78 bits per heavy atom. The van der Waals surface area contributed by atoms with Gasteiger partial charge in [-0.1, -0.05) is 6.07 Å². The van der Waals surface area contributed by atoms with Gasteiger partial charge in [-0.25, -0.2) is 0 Å². The Labute approximate surface area is 157 Å². The number of ether oxygens (including phenoxy) is 3. The minimum atomic E-state index is -0.271. The first kappa shape index (κ1) is 18.6. The number of benzene rings is 2. The smallest absolute Gasteiger partial charge is 0.258 e. The van der Waals surface area contributed by atoms with E-state index in [2.05, 4.69) is 5.32 Å². The molecule has 1 atom stereocenters. The largest absolute Gasteiger partial charge is 0.497 e. The van der Waals surface area contributed by atoms with Gasteiger partial charge in [0.25, 0.3) is 5.91 Å². The molecule has 142 valence electrons. The average molecular weight is 370 g/mol. The third-order valence-corrected chi connectivity index (χ3v) is 4.29. The van der Waals surface area contributed by atoms with Gasteiger partial charge in [-0.05, 0) is 36.4 Å². The zero-order valence-electron chi connectivity index (χ0n) is 15.3. The van der Waals surface area contributed by atoms with Crippen molar-refractivity contribution < 1.29 is 23.8 Å². The summed E-state index contributed by atoms with van der Waals surface area (Å²) in [4.78, 5) is 26.1. The Morgan fingerprint density at radius 1 is 1.07 bits per heavy atom. The normalized spacial score (nSPS) is 16.1. The molecule has 3 rings (SSSR count). The molecule has 27 heavy (non-hydrogen) atoms. The molecule has 0 aliphatic carbocycles. The van der Waals surface area contributed by atoms with Crippen LogP contribution in [-0.4, -0.2) is 45.2 Å². The van der Waals surface area contributed by atoms with E-state index in [1.165, 1.54) is 0 Å². The van der Waals surface area contributed by atoms with Crippen molar-refractivity contribution in [1.29, 1.82) is 0 Å². The summed E-state index contributed by atoms with van der Waals surface area (Å²) in [5.41, 5.74) is 0.783. The summed E-state index contributed by atoms with van der Waals surface area (Å²) < 4.78 is 15.7. The first-order valence-electron chi connectivity index (χ1n) is 8.59. The van der Waals surface area contributed by atoms with Crippen LogP contribution in [0.25, 0.3) is 0 Å². The van der Waals surface area contributed by atoms with E-state index in [1.54, 1.807) is 55.5 Å². The van der Waals surface area contributed by atoms with E-state index in [1.807, 2.05) is 12.1 Å². The van der Waals surface area contributed by atoms with Gasteiger partial charge in [-0.3, -0.25) is 9.59 Å². The molecule has 1 saturated heterocycles. The molecule has 1 N–H and O–H groups in total. The van der Waals surface area contributed by atoms with Gasteiger partial charge in [0.2, 0.25) is 5.91 Å². The van der Waals surface area contributed by atoms with E-state index in [0.717, 1.165) is 11.4 Å². The number of amides is 2. The molecule has 7 nitrogen and oxygen atoms in total. The van der Waals surface area contributed by atoms with Gasteiger partial charge in [0.15, 0.2) is 6.61 Å². The summed E-state index contributed by atoms with van der Waals surface area (Å²) in [5, 5.41) is 2.85. The molecule has 0 aromatic heterocycles. The second-order valence-corrected chi connectivity index (χ2v) is 6.14. The number of hydrogen-bond acceptors (Lipinski definition) is 5. The minimum absolute atomic E-state index is 0.0285. The Hall–Kier alpha value is -3.22. The fraction of sp³-hybridized carbons (Fsp3) is 0.300. The second kappa shape index (κ2) is 8.44. The van der Waals surface area contributed by atoms with Crippen molar-refractivity contribution in [3.63, 3.8) is 0 Å². The molecule has 1 heterocycles. The summed E-state index contributed by atoms with van der Waals surface area (Å²) in [6, 6.07) is 14.0. The summed E-state index contributed by atoms with van der Waals surface area (Å²) in [5.74, 6) is 1.63. The predicted molar refractivity (Wildman–Crippen MR) is 100 cm³/mol. The molecule has 0 bridgehead atoms. The van der Waals surface area contributed by atoms with E-state index >= 15 is 0 Å². The third-order valence-electron chi connectivity index (χ3n) is 4.29. The maximum atomic E-state index is 12.3. The maximum absolute atomic E-state index is 12.3. The van der Waals surface area contributed by atoms with Crippen molar-refractivity contribution in [3.8, 4) is 17.2 Å². The average Bonchev–Trinajstić information content (AvgIpc) is 3.06. The van der Waals surface area contributed by atoms with Gasteiger partial charge in [-0.2, -0.15) is 0 Å². The minimum Gasteiger partial charge on any atom is -0.497 e. The number of nitrogens with zero attached hydrogens (tertiary/aromatic N) is 1. The number of nitrogens with one attached hydrogen (secondary N) is 1. The SMILES string of the molecule is COc1ccc(N2C[C@H](NC(=O)COc3cccc(OC)c3)CC2=O)cc1. The highest BCUT2D eigenvalue weighted by Crippen LogP contribution is 2.24. The van der Waals surface area contributed by atoms with Crippen LogP contribution in [0.15, 0.2) is 48.5 Å². The fourth-order valence-corrected chi connectivity index (χ4v) is 2.93. The lowest BCUT2D eigenvalue weighted by atomic mass is 10.2. The maximum Gasteiger partial charge on any atom is 0.258 e. The zero-order chi connectivity index (χ0) is 19.2. The quantitative estimate of drug-likeness (QED) is 0.807. The predicted octanol–water partition coefficient (Wildman–Crippen LogP) is 2.00. The number of carbonyl (C=O) groups excluding carboxylic acids is 2. The van der Waals surface area contributed by atoms with Crippen LogP contribution >= 0.6 is 0 Å². The van der Waals surface area contributed by atoms with Crippen molar-refractivity contribution in [1.82, 2.24) is 5.32 Å². The first-order valence-corrected chi connectivity index (χ1v) is 8.59. The number of carbonyl (C=O) groups is 2. The second-order valence-electron chi connectivity index (χ2n) is 6.14. The van der Waals surface area contributed by atoms with Gasteiger partial charge in [-0.15, -0.1) is 0 Å². The van der Waals surface area contributed by atoms with Crippen molar-refractivity contribution >= 4 is 17.5 Å². The number of anilines is 1. The van der Waals surface area contributed by atoms with Crippen molar-refractivity contribution in [3.05, 3.63) is 48.5 Å². The molecule has 0 unspecified atom stereocenters. The molecule has 1 fully saturated rings. The lowest BCUT2D eigenvalue weighted by Crippen LogP contribution is -2.39. The van der Waals surface area contributed by atoms with Gasteiger partial charge >= 0.3 is 0 Å². The lowest BCUT2D eigenvalue weighted by molar-refractivity contribution is -0.123. The van der Waals surface area contributed by atoms with Crippen LogP contribution in [0.2, 0.25) is 0 Å². The molecule has 7 heteroatoms. The monoisotopic (exact) mass is 370 g/mol. The highest BCUT2D eigenvalue weighted by Gasteiger charge is 2.31. The topological polar surface area (TPSA) is 77.1 Å². The highest BCUT2D eigenvalue weighted by atomic mass is 16.5. The Bertz CT molecular complexity index is 806. The van der Waals surface area contributed by atoms with E-state index in [4.69, 9.17) is 14.2 Å². The lowest BCUT2D eigenvalue weighted by Gasteiger charge is -2.17. The standard InChI is InChI=1S/C20H22N2O5/c1-25-16-8-6-15(7-9-16)22-12-14(10-20(22)24)21-19(23)13-27-18-5-3-4-17(11-18)26-2/h3-9,11,14H,10,12-13H2,1-2H3,(H,21,23)/t14-/m1/s1. The van der Waals surface area contributed by atoms with Crippen LogP contribution in [-0.2, 0) is 9.59 Å². The summed E-state index contributed by atoms with van der Waals surface area (Å²) >= 11 is 0. The van der Waals surface area contributed by atoms with Crippen LogP contribution in [0.4, 0.5) is 5.69 Å². The van der Waals surface area contributed by atoms with Crippen LogP contribution in [0.3, 0.4) is 0 Å². The molecule has 2 aromatic carbocycles.